The summed E-state index contributed by atoms with van der Waals surface area (Å²) < 4.78 is 16.5. The molecule has 2 aromatic carbocycles. The largest absolute Gasteiger partial charge is 0.497 e. The summed E-state index contributed by atoms with van der Waals surface area (Å²) in [6.07, 6.45) is 3.00. The van der Waals surface area contributed by atoms with Gasteiger partial charge in [-0.25, -0.2) is 0 Å². The van der Waals surface area contributed by atoms with E-state index < -0.39 is 5.60 Å². The molecular weight excluding hydrogens is 548 g/mol. The summed E-state index contributed by atoms with van der Waals surface area (Å²) in [6.45, 7) is 7.58. The van der Waals surface area contributed by atoms with Crippen LogP contribution in [0.15, 0.2) is 42.5 Å². The van der Waals surface area contributed by atoms with Gasteiger partial charge in [-0.15, -0.1) is 0 Å². The maximum absolute atomic E-state index is 14.1. The quantitative estimate of drug-likeness (QED) is 0.382. The molecule has 1 unspecified atom stereocenters. The molecule has 3 atom stereocenters. The summed E-state index contributed by atoms with van der Waals surface area (Å²) in [5.74, 6) is 0.545. The number of rotatable bonds is 11. The number of anilines is 2. The second-order valence-corrected chi connectivity index (χ2v) is 12.3. The average molecular weight is 593 g/mol. The smallest absolute Gasteiger partial charge is 0.270 e. The fourth-order valence-corrected chi connectivity index (χ4v) is 5.98. The van der Waals surface area contributed by atoms with E-state index in [4.69, 9.17) is 14.2 Å². The van der Waals surface area contributed by atoms with Gasteiger partial charge >= 0.3 is 0 Å². The molecule has 5 rings (SSSR count). The lowest BCUT2D eigenvalue weighted by Gasteiger charge is -2.39. The molecule has 2 fully saturated rings. The fraction of sp³-hybridized carbons (Fsp3) is 0.545. The lowest BCUT2D eigenvalue weighted by Crippen LogP contribution is -2.53. The van der Waals surface area contributed by atoms with Gasteiger partial charge in [0.05, 0.1) is 30.7 Å². The number of fused-ring (bicyclic) bond motifs is 1. The molecule has 2 aromatic rings. The first-order chi connectivity index (χ1) is 20.6. The fourth-order valence-electron chi connectivity index (χ4n) is 5.98. The number of piperidine rings is 1. The van der Waals surface area contributed by atoms with Crippen molar-refractivity contribution < 1.29 is 28.6 Å². The number of ether oxygens (including phenoxy) is 3. The minimum atomic E-state index is -0.984. The number of hydrogen-bond acceptors (Lipinski definition) is 7. The molecule has 0 bridgehead atoms. The second kappa shape index (κ2) is 12.9. The Morgan fingerprint density at radius 1 is 1.12 bits per heavy atom. The highest BCUT2D eigenvalue weighted by atomic mass is 16.5. The van der Waals surface area contributed by atoms with Gasteiger partial charge < -0.3 is 34.6 Å². The maximum Gasteiger partial charge on any atom is 0.270 e. The molecule has 2 heterocycles. The minimum absolute atomic E-state index is 0.00460. The number of carbonyl (C=O) groups excluding carboxylic acids is 3. The summed E-state index contributed by atoms with van der Waals surface area (Å²) in [6, 6.07) is 13.3. The Bertz CT molecular complexity index is 1330. The van der Waals surface area contributed by atoms with Gasteiger partial charge in [0.2, 0.25) is 11.8 Å². The van der Waals surface area contributed by atoms with Gasteiger partial charge in [-0.1, -0.05) is 12.1 Å². The summed E-state index contributed by atoms with van der Waals surface area (Å²) in [5, 5.41) is 6.46. The Hall–Kier alpha value is -3.63. The predicted molar refractivity (Wildman–Crippen MR) is 165 cm³/mol. The molecule has 1 saturated carbocycles. The van der Waals surface area contributed by atoms with Crippen LogP contribution in [0, 0.1) is 11.8 Å². The lowest BCUT2D eigenvalue weighted by molar-refractivity contribution is -0.132. The van der Waals surface area contributed by atoms with E-state index in [2.05, 4.69) is 10.6 Å². The van der Waals surface area contributed by atoms with Crippen LogP contribution in [0.4, 0.5) is 11.4 Å². The molecule has 0 radical (unpaired) electrons. The zero-order chi connectivity index (χ0) is 30.7. The first kappa shape index (κ1) is 30.8. The Balaban J connectivity index is 1.31. The molecule has 2 aliphatic heterocycles. The van der Waals surface area contributed by atoms with E-state index in [0.29, 0.717) is 50.5 Å². The average Bonchev–Trinajstić information content (AvgIpc) is 3.84. The first-order valence-corrected chi connectivity index (χ1v) is 15.2. The Labute approximate surface area is 254 Å². The van der Waals surface area contributed by atoms with E-state index >= 15 is 0 Å². The highest BCUT2D eigenvalue weighted by molar-refractivity contribution is 6.04. The van der Waals surface area contributed by atoms with Gasteiger partial charge in [-0.2, -0.15) is 0 Å². The number of carbonyl (C=O) groups is 3. The van der Waals surface area contributed by atoms with Gasteiger partial charge in [0.15, 0.2) is 5.60 Å². The van der Waals surface area contributed by atoms with Gasteiger partial charge in [-0.3, -0.25) is 14.4 Å². The first-order valence-electron chi connectivity index (χ1n) is 15.2. The summed E-state index contributed by atoms with van der Waals surface area (Å²) >= 11 is 0. The number of amides is 3. The van der Waals surface area contributed by atoms with Crippen molar-refractivity contribution in [3.63, 3.8) is 0 Å². The van der Waals surface area contributed by atoms with Crippen molar-refractivity contribution in [3.05, 3.63) is 48.0 Å². The number of nitrogens with zero attached hydrogens (tertiary/aromatic N) is 2. The zero-order valence-electron chi connectivity index (χ0n) is 25.9. The normalized spacial score (nSPS) is 21.8. The van der Waals surface area contributed by atoms with Crippen molar-refractivity contribution in [1.82, 2.24) is 10.6 Å². The number of hydrogen-bond donors (Lipinski definition) is 2. The van der Waals surface area contributed by atoms with E-state index in [9.17, 15) is 14.4 Å². The topological polar surface area (TPSA) is 109 Å². The molecule has 232 valence electrons. The van der Waals surface area contributed by atoms with Crippen molar-refractivity contribution in [1.29, 1.82) is 0 Å². The Kier molecular flexibility index (Phi) is 9.27. The number of benzene rings is 2. The van der Waals surface area contributed by atoms with E-state index in [0.717, 1.165) is 29.8 Å². The Morgan fingerprint density at radius 3 is 2.51 bits per heavy atom. The van der Waals surface area contributed by atoms with Crippen LogP contribution >= 0.6 is 0 Å². The van der Waals surface area contributed by atoms with Crippen molar-refractivity contribution >= 4 is 29.1 Å². The Morgan fingerprint density at radius 2 is 1.84 bits per heavy atom. The van der Waals surface area contributed by atoms with Crippen LogP contribution in [0.3, 0.4) is 0 Å². The number of nitrogens with one attached hydrogen (secondary N) is 2. The van der Waals surface area contributed by atoms with Crippen LogP contribution in [0.25, 0.3) is 0 Å². The predicted octanol–water partition coefficient (Wildman–Crippen LogP) is 3.83. The third-order valence-corrected chi connectivity index (χ3v) is 8.56. The van der Waals surface area contributed by atoms with E-state index in [-0.39, 0.29) is 41.6 Å². The van der Waals surface area contributed by atoms with E-state index in [1.165, 1.54) is 0 Å². The van der Waals surface area contributed by atoms with Crippen molar-refractivity contribution in [3.8, 4) is 11.5 Å². The van der Waals surface area contributed by atoms with Crippen molar-refractivity contribution in [2.45, 2.75) is 64.1 Å². The van der Waals surface area contributed by atoms with E-state index in [1.807, 2.05) is 54.3 Å². The van der Waals surface area contributed by atoms with Crippen LogP contribution < -0.4 is 29.9 Å². The van der Waals surface area contributed by atoms with Crippen LogP contribution in [0.1, 0.15) is 58.1 Å². The standard InChI is InChI=1S/C33H44N4O6/c1-21(22-7-12-27(42-5)13-8-22)35-30(38)23-17-24(20-34-19-23)31(39)37(25-9-10-25)26-11-14-29-28(18-26)36(15-6-16-41-4)32(40)33(2,3)43-29/h7-8,11-14,18,21,23-25,34H,6,9-10,15-17,19-20H2,1-5H3,(H,35,38)/t21?,23-,24+/m0/s1. The molecule has 0 spiro atoms. The third kappa shape index (κ3) is 6.80. The molecule has 1 aliphatic carbocycles. The van der Waals surface area contributed by atoms with Crippen LogP contribution in [-0.4, -0.2) is 69.8 Å². The highest BCUT2D eigenvalue weighted by Crippen LogP contribution is 2.43. The summed E-state index contributed by atoms with van der Waals surface area (Å²) in [5.41, 5.74) is 1.42. The molecule has 3 amide bonds. The highest BCUT2D eigenvalue weighted by Gasteiger charge is 2.43. The zero-order valence-corrected chi connectivity index (χ0v) is 25.9. The van der Waals surface area contributed by atoms with Gasteiger partial charge in [0.25, 0.3) is 5.91 Å². The van der Waals surface area contributed by atoms with Crippen LogP contribution in [-0.2, 0) is 19.1 Å². The summed E-state index contributed by atoms with van der Waals surface area (Å²) in [4.78, 5) is 44.3. The van der Waals surface area contributed by atoms with Gasteiger partial charge in [-0.05, 0) is 82.3 Å². The maximum atomic E-state index is 14.1. The minimum Gasteiger partial charge on any atom is -0.497 e. The third-order valence-electron chi connectivity index (χ3n) is 8.56. The van der Waals surface area contributed by atoms with Gasteiger partial charge in [0.1, 0.15) is 11.5 Å². The molecule has 43 heavy (non-hydrogen) atoms. The second-order valence-electron chi connectivity index (χ2n) is 12.3. The molecule has 0 aromatic heterocycles. The van der Waals surface area contributed by atoms with Crippen molar-refractivity contribution in [2.75, 3.05) is 50.3 Å². The molecule has 1 saturated heterocycles. The molecule has 2 N–H and O–H groups in total. The SMILES string of the molecule is COCCCN1C(=O)C(C)(C)Oc2ccc(N(C(=O)[C@H]3CNC[C@@H](C(=O)NC(C)c4ccc(OC)cc4)C3)C3CC3)cc21. The van der Waals surface area contributed by atoms with E-state index in [1.54, 1.807) is 33.0 Å². The van der Waals surface area contributed by atoms with Crippen molar-refractivity contribution in [2.24, 2.45) is 11.8 Å². The molecular formula is C33H44N4O6. The lowest BCUT2D eigenvalue weighted by atomic mass is 9.88. The van der Waals surface area contributed by atoms with Crippen LogP contribution in [0.2, 0.25) is 0 Å². The molecule has 10 nitrogen and oxygen atoms in total. The molecule has 3 aliphatic rings. The molecule has 10 heteroatoms. The van der Waals surface area contributed by atoms with Crippen LogP contribution in [0.5, 0.6) is 11.5 Å². The van der Waals surface area contributed by atoms with Gasteiger partial charge in [0, 0.05) is 45.1 Å². The number of methoxy groups -OCH3 is 2. The monoisotopic (exact) mass is 592 g/mol. The summed E-state index contributed by atoms with van der Waals surface area (Å²) in [7, 11) is 3.27.